The molecule has 2 N–H and O–H groups in total. The highest BCUT2D eigenvalue weighted by atomic mass is 35.5. The van der Waals surface area contributed by atoms with Crippen LogP contribution in [0.25, 0.3) is 34.8 Å². The average molecular weight is 1070 g/mol. The molecular formula is C58H66Cl2N8O8+2. The van der Waals surface area contributed by atoms with E-state index in [-0.39, 0.29) is 79.2 Å². The number of anilines is 1. The van der Waals surface area contributed by atoms with E-state index >= 15 is 0 Å². The van der Waals surface area contributed by atoms with Crippen LogP contribution in [0.5, 0.6) is 0 Å². The highest BCUT2D eigenvalue weighted by Gasteiger charge is 2.77. The van der Waals surface area contributed by atoms with Gasteiger partial charge in [0.15, 0.2) is 34.6 Å². The van der Waals surface area contributed by atoms with Gasteiger partial charge in [-0.2, -0.15) is 9.13 Å². The van der Waals surface area contributed by atoms with Gasteiger partial charge in [0, 0.05) is 99.2 Å². The van der Waals surface area contributed by atoms with Crippen LogP contribution in [0.4, 0.5) is 5.69 Å². The standard InChI is InChI=1S/C58H64Cl2N8O8/c1-9-37-29(2)41-28-46-49(33(6)69)31(4)43-26-42-30(3)38(53-51-52(57(75)76-8)55(72)50-32(5)44-27-45(37)65(41)58(66(43)46,67(42)53)68(44)54(50)51)16-18-48(71)61-21-11-12-34(56(73)74)24-36(70)13-10-14-47-62-39-25-35(15-17-40(39)63(47)7)64(22-19-59)23-20-60/h15,17,25-30,34,37-38,52H,9-14,16,18-24H2,1-8H3/p+2/t29-,30+,34-,37-,38+,52?,58-/m1/s1. The monoisotopic (exact) mass is 1070 g/mol. The number of carbonyl (C=O) groups excluding carboxylic acids is 5. The number of carbonyl (C=O) groups is 6. The van der Waals surface area contributed by atoms with Crippen LogP contribution in [0.2, 0.25) is 0 Å². The van der Waals surface area contributed by atoms with Crippen molar-refractivity contribution >= 4 is 110 Å². The number of nitrogens with zero attached hydrogens (tertiary/aromatic N) is 7. The number of carboxylic acid groups (broad SMARTS) is 1. The van der Waals surface area contributed by atoms with Crippen LogP contribution in [0.15, 0.2) is 29.6 Å². The average Bonchev–Trinajstić information content (AvgIpc) is 4.26. The number of Topliss-reactive ketones (excluding diaryl/α,β-unsaturated/α-hetero) is 3. The van der Waals surface area contributed by atoms with Gasteiger partial charge in [-0.25, -0.2) is 4.98 Å². The lowest BCUT2D eigenvalue weighted by Gasteiger charge is -2.39. The molecule has 7 aliphatic rings. The van der Waals surface area contributed by atoms with Gasteiger partial charge in [0.1, 0.15) is 11.6 Å². The minimum Gasteiger partial charge on any atom is -0.481 e. The number of amides is 1. The molecule has 9 heterocycles. The molecule has 7 atom stereocenters. The molecule has 0 bridgehead atoms. The summed E-state index contributed by atoms with van der Waals surface area (Å²) in [5, 5.41) is 14.8. The third-order valence-electron chi connectivity index (χ3n) is 17.9. The van der Waals surface area contributed by atoms with E-state index < -0.39 is 29.7 Å². The molecular weight excluding hydrogens is 1010 g/mol. The third-order valence-corrected chi connectivity index (χ3v) is 18.2. The number of halogens is 2. The number of ether oxygens (including phenoxy) is 1. The zero-order chi connectivity index (χ0) is 54.0. The number of ketones is 3. The number of fused-ring (bicyclic) bond motifs is 2. The summed E-state index contributed by atoms with van der Waals surface area (Å²) in [7, 11) is 3.26. The number of aromatic nitrogens is 4. The van der Waals surface area contributed by atoms with E-state index in [9.17, 15) is 33.9 Å². The number of imidazole rings is 1. The largest absolute Gasteiger partial charge is 0.552 e. The quantitative estimate of drug-likeness (QED) is 0.0228. The summed E-state index contributed by atoms with van der Waals surface area (Å²) in [4.78, 5) is 89.2. The number of esters is 1. The molecule has 1 unspecified atom stereocenters. The van der Waals surface area contributed by atoms with Crippen LogP contribution in [0.3, 0.4) is 0 Å². The number of nitrogens with one attached hydrogen (secondary N) is 1. The van der Waals surface area contributed by atoms with Crippen molar-refractivity contribution in [2.45, 2.75) is 105 Å². The Balaban J connectivity index is 0.815. The van der Waals surface area contributed by atoms with Crippen LogP contribution in [0.1, 0.15) is 128 Å². The number of hydrogen-bond acceptors (Lipinski definition) is 9. The summed E-state index contributed by atoms with van der Waals surface area (Å²) in [5.74, 6) is -4.01. The first-order chi connectivity index (χ1) is 36.5. The molecule has 0 saturated carbocycles. The fourth-order valence-electron chi connectivity index (χ4n) is 14.4. The zero-order valence-electron chi connectivity index (χ0n) is 44.5. The van der Waals surface area contributed by atoms with Crippen molar-refractivity contribution in [1.29, 1.82) is 0 Å². The summed E-state index contributed by atoms with van der Waals surface area (Å²) in [6.45, 7) is 13.8. The van der Waals surface area contributed by atoms with Gasteiger partial charge >= 0.3 is 17.8 Å². The molecule has 0 radical (unpaired) electrons. The maximum Gasteiger partial charge on any atom is 0.552 e. The van der Waals surface area contributed by atoms with Crippen molar-refractivity contribution in [3.63, 3.8) is 0 Å². The maximum absolute atomic E-state index is 14.9. The molecule has 3 aromatic heterocycles. The van der Waals surface area contributed by atoms with E-state index in [1.165, 1.54) is 7.11 Å². The number of rotatable bonds is 22. The number of aryl methyl sites for hydroxylation is 2. The Morgan fingerprint density at radius 2 is 1.66 bits per heavy atom. The molecule has 18 heteroatoms. The number of carboxylic acids is 1. The van der Waals surface area contributed by atoms with Gasteiger partial charge in [0.05, 0.1) is 75.4 Å². The smallest absolute Gasteiger partial charge is 0.481 e. The van der Waals surface area contributed by atoms with E-state index in [2.05, 4.69) is 67.5 Å². The van der Waals surface area contributed by atoms with Crippen molar-refractivity contribution in [2.75, 3.05) is 43.4 Å². The second-order valence-electron chi connectivity index (χ2n) is 21.8. The fraction of sp³-hybridized carbons (Fsp3) is 0.500. The number of methoxy groups -OCH3 is 1. The molecule has 398 valence electrons. The van der Waals surface area contributed by atoms with Gasteiger partial charge in [0.2, 0.25) is 11.6 Å². The second-order valence-corrected chi connectivity index (χ2v) is 22.6. The van der Waals surface area contributed by atoms with Crippen molar-refractivity contribution in [1.82, 2.24) is 24.0 Å². The summed E-state index contributed by atoms with van der Waals surface area (Å²) in [6.07, 6.45) is 9.80. The molecule has 4 aromatic rings. The number of alkyl halides is 2. The van der Waals surface area contributed by atoms with E-state index in [0.717, 1.165) is 79.6 Å². The van der Waals surface area contributed by atoms with Crippen LogP contribution >= 0.6 is 23.2 Å². The molecule has 6 aliphatic heterocycles. The first-order valence-electron chi connectivity index (χ1n) is 26.9. The zero-order valence-corrected chi connectivity index (χ0v) is 46.0. The van der Waals surface area contributed by atoms with Crippen LogP contribution in [-0.2, 0) is 43.3 Å². The lowest BCUT2D eigenvalue weighted by Crippen LogP contribution is -2.70. The van der Waals surface area contributed by atoms with Crippen LogP contribution in [-0.4, -0.2) is 118 Å². The first-order valence-corrected chi connectivity index (χ1v) is 28.0. The summed E-state index contributed by atoms with van der Waals surface area (Å²) >= 11 is 12.1. The molecule has 0 saturated heterocycles. The normalized spacial score (nSPS) is 23.2. The van der Waals surface area contributed by atoms with Gasteiger partial charge in [-0.1, -0.05) is 29.9 Å². The lowest BCUT2D eigenvalue weighted by atomic mass is 9.81. The Morgan fingerprint density at radius 3 is 2.34 bits per heavy atom. The fourth-order valence-corrected chi connectivity index (χ4v) is 14.8. The van der Waals surface area contributed by atoms with Crippen molar-refractivity contribution in [3.8, 4) is 0 Å². The third kappa shape index (κ3) is 7.31. The lowest BCUT2D eigenvalue weighted by molar-refractivity contribution is -0.837. The topological polar surface area (TPSA) is 181 Å². The Bertz CT molecular complexity index is 3550. The Hall–Kier alpha value is -6.39. The molecule has 1 aromatic carbocycles. The van der Waals surface area contributed by atoms with Crippen LogP contribution in [0, 0.1) is 49.4 Å². The van der Waals surface area contributed by atoms with E-state index in [1.807, 2.05) is 43.7 Å². The summed E-state index contributed by atoms with van der Waals surface area (Å²) < 4.78 is 16.8. The van der Waals surface area contributed by atoms with E-state index in [4.69, 9.17) is 32.9 Å². The summed E-state index contributed by atoms with van der Waals surface area (Å²) in [6, 6.07) is 6.08. The van der Waals surface area contributed by atoms with Gasteiger partial charge in [0.25, 0.3) is 0 Å². The Kier molecular flexibility index (Phi) is 13.1. The van der Waals surface area contributed by atoms with Gasteiger partial charge in [-0.05, 0) is 82.2 Å². The second kappa shape index (κ2) is 19.3. The molecule has 0 fully saturated rings. The maximum atomic E-state index is 14.9. The minimum absolute atomic E-state index is 0.0308. The van der Waals surface area contributed by atoms with Crippen LogP contribution < -0.4 is 20.9 Å². The highest BCUT2D eigenvalue weighted by Crippen LogP contribution is 2.56. The molecule has 76 heavy (non-hydrogen) atoms. The Morgan fingerprint density at radius 1 is 0.947 bits per heavy atom. The molecule has 1 amide bonds. The van der Waals surface area contributed by atoms with E-state index in [1.54, 1.807) is 6.92 Å². The minimum atomic E-state index is -1.20. The van der Waals surface area contributed by atoms with Gasteiger partial charge < -0.3 is 24.6 Å². The number of aliphatic carboxylic acids is 1. The highest BCUT2D eigenvalue weighted by molar-refractivity contribution is 6.34. The van der Waals surface area contributed by atoms with Gasteiger partial charge in [-0.15, -0.1) is 23.2 Å². The van der Waals surface area contributed by atoms with Gasteiger partial charge in [-0.3, -0.25) is 28.8 Å². The molecule has 11 rings (SSSR count). The molecule has 1 spiro atoms. The Labute approximate surface area is 451 Å². The number of benzene rings is 1. The van der Waals surface area contributed by atoms with Crippen molar-refractivity contribution < 1.29 is 47.8 Å². The SMILES string of the molecule is CC[C@H]1C2=[N+]3C(=Cc4c(C(C)=O)c(C)c5n4[C@]34n3c(c(C)c6c3=C(C3=[N+]4C(=C5)[C@@H](C)[C@@H]3CCC(=O)NCCC[C@H](CC(=O)CCCc3nc4cc(N(CCCl)CCCl)ccc4n3C)C(=O)O)C(C(=O)OC)C6=O)=C2)[C@@H]1C. The number of allylic oxidation sites excluding steroid dienone is 2. The summed E-state index contributed by atoms with van der Waals surface area (Å²) in [5.41, 5.74) is 12.0. The first kappa shape index (κ1) is 51.7. The predicted octanol–water partition coefficient (Wildman–Crippen LogP) is 6.26. The predicted molar refractivity (Wildman–Crippen MR) is 290 cm³/mol. The van der Waals surface area contributed by atoms with E-state index in [0.29, 0.717) is 72.6 Å². The number of hydrogen-bond donors (Lipinski definition) is 2. The molecule has 1 aliphatic carbocycles. The van der Waals surface area contributed by atoms with Crippen molar-refractivity contribution in [3.05, 3.63) is 79.8 Å². The molecule has 16 nitrogen and oxygen atoms in total. The van der Waals surface area contributed by atoms with Crippen molar-refractivity contribution in [2.24, 2.45) is 42.6 Å².